The number of amides is 2. The van der Waals surface area contributed by atoms with Crippen molar-refractivity contribution in [2.75, 3.05) is 27.4 Å². The second-order valence-electron chi connectivity index (χ2n) is 5.53. The van der Waals surface area contributed by atoms with Crippen LogP contribution in [0.25, 0.3) is 6.08 Å². The van der Waals surface area contributed by atoms with E-state index in [1.54, 1.807) is 18.2 Å². The summed E-state index contributed by atoms with van der Waals surface area (Å²) in [5.74, 6) is 0.570. The number of thioether (sulfide) groups is 1. The highest BCUT2D eigenvalue weighted by atomic mass is 35.5. The van der Waals surface area contributed by atoms with Crippen LogP contribution in [0.4, 0.5) is 4.79 Å². The molecule has 1 aromatic rings. The molecule has 25 heavy (non-hydrogen) atoms. The van der Waals surface area contributed by atoms with E-state index in [4.69, 9.17) is 25.8 Å². The topological polar surface area (TPSA) is 65.1 Å². The largest absolute Gasteiger partial charge is 0.493 e. The normalized spacial score (nSPS) is 16.2. The van der Waals surface area contributed by atoms with E-state index in [-0.39, 0.29) is 23.8 Å². The predicted octanol–water partition coefficient (Wildman–Crippen LogP) is 3.82. The zero-order valence-electron chi connectivity index (χ0n) is 14.5. The molecule has 0 aromatic heterocycles. The molecule has 0 unspecified atom stereocenters. The highest BCUT2D eigenvalue weighted by molar-refractivity contribution is 8.18. The summed E-state index contributed by atoms with van der Waals surface area (Å²) in [7, 11) is 3.03. The number of imide groups is 1. The molecule has 1 aliphatic heterocycles. The molecule has 8 heteroatoms. The van der Waals surface area contributed by atoms with E-state index >= 15 is 0 Å². The Morgan fingerprint density at radius 1 is 1.28 bits per heavy atom. The van der Waals surface area contributed by atoms with Crippen molar-refractivity contribution < 1.29 is 23.8 Å². The maximum atomic E-state index is 12.3. The fraction of sp³-hybridized carbons (Fsp3) is 0.412. The monoisotopic (exact) mass is 385 g/mol. The second-order valence-corrected chi connectivity index (χ2v) is 6.93. The van der Waals surface area contributed by atoms with Gasteiger partial charge in [-0.2, -0.15) is 0 Å². The number of nitrogens with zero attached hydrogens (tertiary/aromatic N) is 1. The quantitative estimate of drug-likeness (QED) is 0.665. The highest BCUT2D eigenvalue weighted by Crippen LogP contribution is 2.39. The van der Waals surface area contributed by atoms with Gasteiger partial charge in [0.2, 0.25) is 0 Å². The van der Waals surface area contributed by atoms with Crippen molar-refractivity contribution in [2.24, 2.45) is 0 Å². The first kappa shape index (κ1) is 19.6. The van der Waals surface area contributed by atoms with E-state index in [1.807, 2.05) is 13.8 Å². The lowest BCUT2D eigenvalue weighted by Gasteiger charge is -2.15. The third-order valence-corrected chi connectivity index (χ3v) is 4.48. The van der Waals surface area contributed by atoms with E-state index < -0.39 is 0 Å². The summed E-state index contributed by atoms with van der Waals surface area (Å²) < 4.78 is 15.9. The molecule has 6 nitrogen and oxygen atoms in total. The number of carbonyl (C=O) groups excluding carboxylic acids is 2. The third kappa shape index (κ3) is 4.68. The summed E-state index contributed by atoms with van der Waals surface area (Å²) in [6.07, 6.45) is 1.56. The lowest BCUT2D eigenvalue weighted by atomic mass is 10.1. The van der Waals surface area contributed by atoms with Gasteiger partial charge in [-0.1, -0.05) is 11.6 Å². The van der Waals surface area contributed by atoms with E-state index in [9.17, 15) is 9.59 Å². The van der Waals surface area contributed by atoms with Gasteiger partial charge in [-0.05, 0) is 49.4 Å². The van der Waals surface area contributed by atoms with E-state index in [0.717, 1.165) is 16.7 Å². The van der Waals surface area contributed by atoms with Gasteiger partial charge in [-0.3, -0.25) is 14.5 Å². The summed E-state index contributed by atoms with van der Waals surface area (Å²) in [5.41, 5.74) is 0.648. The van der Waals surface area contributed by atoms with Crippen molar-refractivity contribution in [1.82, 2.24) is 4.90 Å². The van der Waals surface area contributed by atoms with Gasteiger partial charge in [0.25, 0.3) is 11.1 Å². The van der Waals surface area contributed by atoms with Gasteiger partial charge < -0.3 is 14.2 Å². The van der Waals surface area contributed by atoms with Gasteiger partial charge in [0.05, 0.1) is 36.3 Å². The Morgan fingerprint density at radius 3 is 2.60 bits per heavy atom. The molecular formula is C17H20ClNO5S. The molecule has 1 saturated heterocycles. The van der Waals surface area contributed by atoms with E-state index in [0.29, 0.717) is 33.6 Å². The average molecular weight is 386 g/mol. The molecule has 136 valence electrons. The molecule has 1 aromatic carbocycles. The SMILES string of the molecule is COCCN1C(=O)S/C(=C/c2cc(Cl)c(OC(C)C)c(OC)c2)C1=O. The predicted molar refractivity (Wildman–Crippen MR) is 98.3 cm³/mol. The second kappa shape index (κ2) is 8.60. The average Bonchev–Trinajstić information content (AvgIpc) is 2.81. The lowest BCUT2D eigenvalue weighted by Crippen LogP contribution is -2.31. The molecule has 2 amide bonds. The molecule has 0 spiro atoms. The molecule has 1 aliphatic rings. The maximum Gasteiger partial charge on any atom is 0.293 e. The highest BCUT2D eigenvalue weighted by Gasteiger charge is 2.34. The van der Waals surface area contributed by atoms with Crippen molar-refractivity contribution in [2.45, 2.75) is 20.0 Å². The van der Waals surface area contributed by atoms with Gasteiger partial charge in [0.1, 0.15) is 0 Å². The lowest BCUT2D eigenvalue weighted by molar-refractivity contribution is -0.123. The molecule has 0 saturated carbocycles. The Labute approximate surface area is 156 Å². The van der Waals surface area contributed by atoms with Crippen LogP contribution in [0.1, 0.15) is 19.4 Å². The first-order valence-corrected chi connectivity index (χ1v) is 8.85. The van der Waals surface area contributed by atoms with Gasteiger partial charge in [0, 0.05) is 7.11 Å². The van der Waals surface area contributed by atoms with Crippen molar-refractivity contribution in [1.29, 1.82) is 0 Å². The molecule has 2 rings (SSSR count). The molecule has 0 atom stereocenters. The number of ether oxygens (including phenoxy) is 3. The summed E-state index contributed by atoms with van der Waals surface area (Å²) in [6.45, 7) is 4.30. The Balaban J connectivity index is 2.30. The summed E-state index contributed by atoms with van der Waals surface area (Å²) in [5, 5.41) is 0.0593. The Bertz CT molecular complexity index is 705. The van der Waals surface area contributed by atoms with Gasteiger partial charge in [-0.15, -0.1) is 0 Å². The van der Waals surface area contributed by atoms with E-state index in [2.05, 4.69) is 0 Å². The van der Waals surface area contributed by atoms with Crippen LogP contribution in [0.3, 0.4) is 0 Å². The van der Waals surface area contributed by atoms with Crippen molar-refractivity contribution >= 4 is 40.6 Å². The minimum atomic E-state index is -0.343. The van der Waals surface area contributed by atoms with Crippen molar-refractivity contribution in [3.05, 3.63) is 27.6 Å². The third-order valence-electron chi connectivity index (χ3n) is 3.30. The van der Waals surface area contributed by atoms with E-state index in [1.165, 1.54) is 14.2 Å². The Morgan fingerprint density at radius 2 is 2.00 bits per heavy atom. The Hall–Kier alpha value is -1.70. The fourth-order valence-corrected chi connectivity index (χ4v) is 3.33. The first-order chi connectivity index (χ1) is 11.9. The molecule has 0 N–H and O–H groups in total. The van der Waals surface area contributed by atoms with Crippen molar-refractivity contribution in [3.63, 3.8) is 0 Å². The molecule has 0 bridgehead atoms. The van der Waals surface area contributed by atoms with Crippen LogP contribution in [0.2, 0.25) is 5.02 Å². The summed E-state index contributed by atoms with van der Waals surface area (Å²) >= 11 is 7.17. The van der Waals surface area contributed by atoms with Crippen LogP contribution in [-0.2, 0) is 9.53 Å². The van der Waals surface area contributed by atoms with Crippen LogP contribution in [0, 0.1) is 0 Å². The molecule has 0 radical (unpaired) electrons. The van der Waals surface area contributed by atoms with Gasteiger partial charge in [-0.25, -0.2) is 0 Å². The minimum absolute atomic E-state index is 0.0606. The zero-order chi connectivity index (χ0) is 18.6. The molecule has 1 fully saturated rings. The fourth-order valence-electron chi connectivity index (χ4n) is 2.20. The molecule has 0 aliphatic carbocycles. The van der Waals surface area contributed by atoms with Crippen LogP contribution in [-0.4, -0.2) is 49.5 Å². The summed E-state index contributed by atoms with van der Waals surface area (Å²) in [6, 6.07) is 3.39. The molecular weight excluding hydrogens is 366 g/mol. The van der Waals surface area contributed by atoms with Gasteiger partial charge in [0.15, 0.2) is 11.5 Å². The standard InChI is InChI=1S/C17H20ClNO5S/c1-10(2)24-15-12(18)7-11(8-13(15)23-4)9-14-16(20)19(5-6-22-3)17(21)25-14/h7-10H,5-6H2,1-4H3/b14-9+. The van der Waals surface area contributed by atoms with Crippen LogP contribution < -0.4 is 9.47 Å². The van der Waals surface area contributed by atoms with Crippen LogP contribution in [0.15, 0.2) is 17.0 Å². The van der Waals surface area contributed by atoms with Crippen LogP contribution >= 0.6 is 23.4 Å². The first-order valence-electron chi connectivity index (χ1n) is 7.65. The number of methoxy groups -OCH3 is 2. The Kier molecular flexibility index (Phi) is 6.75. The van der Waals surface area contributed by atoms with Crippen molar-refractivity contribution in [3.8, 4) is 11.5 Å². The zero-order valence-corrected chi connectivity index (χ0v) is 16.1. The van der Waals surface area contributed by atoms with Gasteiger partial charge >= 0.3 is 0 Å². The number of hydrogen-bond donors (Lipinski definition) is 0. The van der Waals surface area contributed by atoms with Crippen LogP contribution in [0.5, 0.6) is 11.5 Å². The number of halogens is 1. The number of benzene rings is 1. The molecule has 1 heterocycles. The summed E-state index contributed by atoms with van der Waals surface area (Å²) in [4.78, 5) is 25.8. The number of rotatable bonds is 7. The number of hydrogen-bond acceptors (Lipinski definition) is 6. The minimum Gasteiger partial charge on any atom is -0.493 e. The smallest absolute Gasteiger partial charge is 0.293 e. The number of carbonyl (C=O) groups is 2. The maximum absolute atomic E-state index is 12.3.